The lowest BCUT2D eigenvalue weighted by Gasteiger charge is -2.18. The number of benzene rings is 3. The van der Waals surface area contributed by atoms with Gasteiger partial charge in [-0.1, -0.05) is 26.0 Å². The molecule has 0 radical (unpaired) electrons. The molecule has 1 aromatic heterocycles. The van der Waals surface area contributed by atoms with Gasteiger partial charge in [0.15, 0.2) is 23.9 Å². The molecule has 2 N–H and O–H groups in total. The predicted molar refractivity (Wildman–Crippen MR) is 160 cm³/mol. The molecule has 208 valence electrons. The van der Waals surface area contributed by atoms with Gasteiger partial charge in [0.25, 0.3) is 11.5 Å². The molecule has 1 amide bonds. The van der Waals surface area contributed by atoms with Gasteiger partial charge in [-0.2, -0.15) is 9.78 Å². The third-order valence-electron chi connectivity index (χ3n) is 6.21. The summed E-state index contributed by atoms with van der Waals surface area (Å²) in [5, 5.41) is 5.04. The van der Waals surface area contributed by atoms with Crippen LogP contribution in [-0.2, 0) is 4.79 Å². The normalized spacial score (nSPS) is 11.4. The number of ether oxygens (including phenoxy) is 3. The molecule has 1 heterocycles. The largest absolute Gasteiger partial charge is 0.494 e. The number of carbonyl (C=O) groups is 1. The lowest BCUT2D eigenvalue weighted by atomic mass is 9.96. The fourth-order valence-corrected chi connectivity index (χ4v) is 4.87. The van der Waals surface area contributed by atoms with Crippen LogP contribution in [0.4, 0.5) is 0 Å². The van der Waals surface area contributed by atoms with Gasteiger partial charge in [0.2, 0.25) is 0 Å². The molecule has 10 heteroatoms. The maximum atomic E-state index is 13.7. The molecule has 4 aromatic rings. The summed E-state index contributed by atoms with van der Waals surface area (Å²) in [5.74, 6) is 1.49. The minimum atomic E-state index is -0.611. The smallest absolute Gasteiger partial charge is 0.282 e. The second-order valence-corrected chi connectivity index (χ2v) is 10.3. The number of para-hydroxylation sites is 1. The minimum Gasteiger partial charge on any atom is -0.494 e. The summed E-state index contributed by atoms with van der Waals surface area (Å²) in [5.41, 5.74) is 8.80. The van der Waals surface area contributed by atoms with Gasteiger partial charge in [-0.25, -0.2) is 4.98 Å². The lowest BCUT2D eigenvalue weighted by molar-refractivity contribution is -0.119. The van der Waals surface area contributed by atoms with Crippen molar-refractivity contribution in [3.05, 3.63) is 80.0 Å². The topological polar surface area (TPSA) is 118 Å². The van der Waals surface area contributed by atoms with Gasteiger partial charge >= 0.3 is 0 Å². The highest BCUT2D eigenvalue weighted by molar-refractivity contribution is 9.10. The van der Waals surface area contributed by atoms with Crippen molar-refractivity contribution in [3.8, 4) is 28.6 Å². The molecule has 0 aliphatic heterocycles. The Morgan fingerprint density at radius 3 is 2.58 bits per heavy atom. The Morgan fingerprint density at radius 1 is 1.15 bits per heavy atom. The highest BCUT2D eigenvalue weighted by atomic mass is 79.9. The van der Waals surface area contributed by atoms with Crippen molar-refractivity contribution < 1.29 is 19.0 Å². The van der Waals surface area contributed by atoms with Gasteiger partial charge in [0.05, 0.1) is 35.3 Å². The number of fused-ring (bicyclic) bond motifs is 1. The molecular weight excluding hydrogens is 576 g/mol. The Hall–Kier alpha value is -4.18. The molecule has 0 spiro atoms. The van der Waals surface area contributed by atoms with Crippen LogP contribution in [0.5, 0.6) is 17.2 Å². The van der Waals surface area contributed by atoms with Crippen molar-refractivity contribution >= 4 is 39.0 Å². The summed E-state index contributed by atoms with van der Waals surface area (Å²) >= 11 is 3.45. The number of aryl methyl sites for hydroxylation is 1. The quantitative estimate of drug-likeness (QED) is 0.241. The Bertz CT molecular complexity index is 1660. The summed E-state index contributed by atoms with van der Waals surface area (Å²) in [6.45, 7) is 8.35. The number of methoxy groups -OCH3 is 1. The number of nitrogens with zero attached hydrogens (tertiary/aromatic N) is 3. The highest BCUT2D eigenvalue weighted by Gasteiger charge is 2.19. The van der Waals surface area contributed by atoms with Crippen LogP contribution >= 0.6 is 15.9 Å². The van der Waals surface area contributed by atoms with E-state index < -0.39 is 5.91 Å². The molecule has 4 rings (SSSR count). The van der Waals surface area contributed by atoms with E-state index in [1.165, 1.54) is 11.8 Å². The average molecular weight is 608 g/mol. The molecule has 3 aromatic carbocycles. The Labute approximate surface area is 240 Å². The van der Waals surface area contributed by atoms with E-state index in [1.54, 1.807) is 30.5 Å². The van der Waals surface area contributed by atoms with Crippen molar-refractivity contribution in [1.29, 1.82) is 0 Å². The first-order chi connectivity index (χ1) is 19.1. The van der Waals surface area contributed by atoms with Crippen LogP contribution < -0.4 is 25.5 Å². The fourth-order valence-electron chi connectivity index (χ4n) is 4.30. The second-order valence-electron chi connectivity index (χ2n) is 9.40. The van der Waals surface area contributed by atoms with Gasteiger partial charge < -0.3 is 19.9 Å². The van der Waals surface area contributed by atoms with Gasteiger partial charge in [0, 0.05) is 5.56 Å². The molecule has 0 saturated heterocycles. The number of amides is 1. The molecule has 9 nitrogen and oxygen atoms in total. The van der Waals surface area contributed by atoms with Crippen LogP contribution in [0.2, 0.25) is 0 Å². The number of nitrogens with two attached hydrogens (primary N) is 1. The number of carbonyl (C=O) groups excluding carboxylic acids is 1. The molecular formula is C30H31BrN4O5. The molecule has 0 saturated carbocycles. The van der Waals surface area contributed by atoms with E-state index in [-0.39, 0.29) is 18.1 Å². The molecule has 0 atom stereocenters. The number of halogens is 1. The maximum Gasteiger partial charge on any atom is 0.282 e. The van der Waals surface area contributed by atoms with Gasteiger partial charge in [0.1, 0.15) is 5.75 Å². The van der Waals surface area contributed by atoms with Crippen LogP contribution in [0.3, 0.4) is 0 Å². The standard InChI is InChI=1S/C30H31BrN4O5/c1-6-39-25-11-18(4)22(14-21(25)17(2)3)29-34-24-10-8-7-9-20(24)30(37)35(29)33-15-19-12-23(31)28(26(13-19)38-5)40-16-27(32)36/h7-15,17H,6,16H2,1-5H3,(H2,32,36). The first-order valence-corrected chi connectivity index (χ1v) is 13.6. The highest BCUT2D eigenvalue weighted by Crippen LogP contribution is 2.37. The third-order valence-corrected chi connectivity index (χ3v) is 6.80. The van der Waals surface area contributed by atoms with Crippen molar-refractivity contribution in [1.82, 2.24) is 9.66 Å². The van der Waals surface area contributed by atoms with Crippen LogP contribution in [-0.4, -0.2) is 42.1 Å². The SMILES string of the molecule is CCOc1cc(C)c(-c2nc3ccccc3c(=O)n2N=Cc2cc(Br)c(OCC(N)=O)c(OC)c2)cc1C(C)C. The summed E-state index contributed by atoms with van der Waals surface area (Å²) < 4.78 is 18.7. The first kappa shape index (κ1) is 28.8. The summed E-state index contributed by atoms with van der Waals surface area (Å²) in [6, 6.07) is 14.6. The molecule has 0 aliphatic rings. The van der Waals surface area contributed by atoms with E-state index >= 15 is 0 Å². The van der Waals surface area contributed by atoms with Crippen molar-refractivity contribution in [3.63, 3.8) is 0 Å². The molecule has 40 heavy (non-hydrogen) atoms. The van der Waals surface area contributed by atoms with Crippen LogP contribution in [0.15, 0.2) is 62.9 Å². The molecule has 0 fully saturated rings. The average Bonchev–Trinajstić information content (AvgIpc) is 2.91. The van der Waals surface area contributed by atoms with Gasteiger partial charge in [-0.05, 0) is 88.8 Å². The zero-order valence-corrected chi connectivity index (χ0v) is 24.6. The van der Waals surface area contributed by atoms with Crippen molar-refractivity contribution in [2.75, 3.05) is 20.3 Å². The number of rotatable bonds is 10. The van der Waals surface area contributed by atoms with Crippen LogP contribution in [0.25, 0.3) is 22.3 Å². The number of hydrogen-bond donors (Lipinski definition) is 1. The Morgan fingerprint density at radius 2 is 1.90 bits per heavy atom. The summed E-state index contributed by atoms with van der Waals surface area (Å²) in [7, 11) is 1.48. The second kappa shape index (κ2) is 12.3. The minimum absolute atomic E-state index is 0.185. The molecule has 0 aliphatic carbocycles. The zero-order valence-electron chi connectivity index (χ0n) is 23.0. The van der Waals surface area contributed by atoms with E-state index in [0.29, 0.717) is 44.9 Å². The van der Waals surface area contributed by atoms with Crippen LogP contribution in [0, 0.1) is 6.92 Å². The van der Waals surface area contributed by atoms with Crippen molar-refractivity contribution in [2.24, 2.45) is 10.8 Å². The molecule has 0 unspecified atom stereocenters. The third kappa shape index (κ3) is 6.02. The number of primary amides is 1. The number of aromatic nitrogens is 2. The Kier molecular flexibility index (Phi) is 8.89. The first-order valence-electron chi connectivity index (χ1n) is 12.8. The van der Waals surface area contributed by atoms with E-state index in [2.05, 4.69) is 34.9 Å². The van der Waals surface area contributed by atoms with Gasteiger partial charge in [-0.15, -0.1) is 0 Å². The fraction of sp³-hybridized carbons (Fsp3) is 0.267. The summed E-state index contributed by atoms with van der Waals surface area (Å²) in [6.07, 6.45) is 1.54. The van der Waals surface area contributed by atoms with E-state index in [9.17, 15) is 9.59 Å². The van der Waals surface area contributed by atoms with Crippen LogP contribution in [0.1, 0.15) is 43.4 Å². The van der Waals surface area contributed by atoms with E-state index in [0.717, 1.165) is 22.4 Å². The Balaban J connectivity index is 1.90. The lowest BCUT2D eigenvalue weighted by Crippen LogP contribution is -2.21. The van der Waals surface area contributed by atoms with Gasteiger partial charge in [-0.3, -0.25) is 9.59 Å². The maximum absolute atomic E-state index is 13.7. The van der Waals surface area contributed by atoms with E-state index in [1.807, 2.05) is 38.1 Å². The van der Waals surface area contributed by atoms with Crippen molar-refractivity contribution in [2.45, 2.75) is 33.6 Å². The van der Waals surface area contributed by atoms with E-state index in [4.69, 9.17) is 24.9 Å². The zero-order chi connectivity index (χ0) is 29.0. The monoisotopic (exact) mass is 606 g/mol. The number of hydrogen-bond acceptors (Lipinski definition) is 7. The summed E-state index contributed by atoms with van der Waals surface area (Å²) in [4.78, 5) is 29.8. The molecule has 0 bridgehead atoms. The predicted octanol–water partition coefficient (Wildman–Crippen LogP) is 5.41.